The van der Waals surface area contributed by atoms with Gasteiger partial charge in [0, 0.05) is 54.4 Å². The van der Waals surface area contributed by atoms with E-state index in [4.69, 9.17) is 9.47 Å². The summed E-state index contributed by atoms with van der Waals surface area (Å²) in [5, 5.41) is 0. The van der Waals surface area contributed by atoms with E-state index in [0.29, 0.717) is 39.5 Å². The van der Waals surface area contributed by atoms with Gasteiger partial charge in [-0.05, 0) is 25.8 Å². The number of amides is 2. The molecule has 2 amide bonds. The van der Waals surface area contributed by atoms with Gasteiger partial charge in [0.2, 0.25) is 11.8 Å². The van der Waals surface area contributed by atoms with E-state index < -0.39 is 0 Å². The Morgan fingerprint density at radius 2 is 1.11 bits per heavy atom. The first-order valence-corrected chi connectivity index (χ1v) is 9.90. The Morgan fingerprint density at radius 1 is 0.667 bits per heavy atom. The van der Waals surface area contributed by atoms with E-state index in [2.05, 4.69) is 9.80 Å². The smallest absolute Gasteiger partial charge is 0.236 e. The van der Waals surface area contributed by atoms with Gasteiger partial charge < -0.3 is 19.3 Å². The molecule has 0 unspecified atom stereocenters. The quantitative estimate of drug-likeness (QED) is 0.677. The molecule has 0 N–H and O–H groups in total. The highest BCUT2D eigenvalue weighted by Gasteiger charge is 2.14. The molecule has 0 bridgehead atoms. The highest BCUT2D eigenvalue weighted by Crippen LogP contribution is 2.02. The molecule has 0 saturated carbocycles. The summed E-state index contributed by atoms with van der Waals surface area (Å²) < 4.78 is 11.5. The van der Waals surface area contributed by atoms with Crippen molar-refractivity contribution in [3.8, 4) is 0 Å². The molecular formula is C19H38N4O4. The van der Waals surface area contributed by atoms with Crippen molar-refractivity contribution < 1.29 is 19.1 Å². The van der Waals surface area contributed by atoms with E-state index in [9.17, 15) is 9.59 Å². The van der Waals surface area contributed by atoms with Crippen molar-refractivity contribution in [2.75, 3.05) is 93.9 Å². The largest absolute Gasteiger partial charge is 0.380 e. The van der Waals surface area contributed by atoms with Crippen molar-refractivity contribution in [1.82, 2.24) is 19.6 Å². The lowest BCUT2D eigenvalue weighted by atomic mass is 10.2. The molecule has 1 saturated heterocycles. The molecule has 1 aliphatic heterocycles. The number of likely N-dealkylation sites (N-methyl/N-ethyl adjacent to an activating group) is 2. The molecule has 1 rings (SSSR count). The van der Waals surface area contributed by atoms with Crippen LogP contribution in [0, 0.1) is 0 Å². The normalized spacial score (nSPS) is 19.7. The third kappa shape index (κ3) is 11.3. The Kier molecular flexibility index (Phi) is 12.2. The van der Waals surface area contributed by atoms with Crippen LogP contribution in [0.5, 0.6) is 0 Å². The average molecular weight is 387 g/mol. The van der Waals surface area contributed by atoms with Crippen molar-refractivity contribution in [2.24, 2.45) is 0 Å². The van der Waals surface area contributed by atoms with Crippen LogP contribution in [0.4, 0.5) is 0 Å². The number of hydrogen-bond acceptors (Lipinski definition) is 6. The first-order valence-electron chi connectivity index (χ1n) is 9.90. The summed E-state index contributed by atoms with van der Waals surface area (Å²) >= 11 is 0. The molecule has 0 atom stereocenters. The van der Waals surface area contributed by atoms with Crippen molar-refractivity contribution in [3.05, 3.63) is 0 Å². The molecule has 27 heavy (non-hydrogen) atoms. The van der Waals surface area contributed by atoms with Crippen LogP contribution in [0.3, 0.4) is 0 Å². The molecule has 0 aliphatic carbocycles. The third-order valence-corrected chi connectivity index (χ3v) is 4.63. The van der Waals surface area contributed by atoms with Crippen LogP contribution in [0.15, 0.2) is 0 Å². The van der Waals surface area contributed by atoms with E-state index in [1.165, 1.54) is 0 Å². The SMILES string of the molecule is CN(C)C(=O)CN1CCCCCOCCN(CC(=O)N(C)C)CCOCC1. The Bertz CT molecular complexity index is 394. The molecule has 8 heteroatoms. The lowest BCUT2D eigenvalue weighted by molar-refractivity contribution is -0.130. The Hall–Kier alpha value is -1.22. The van der Waals surface area contributed by atoms with Gasteiger partial charge in [0.25, 0.3) is 0 Å². The summed E-state index contributed by atoms with van der Waals surface area (Å²) in [5.74, 6) is 0.200. The molecule has 1 aliphatic rings. The first kappa shape index (κ1) is 23.8. The van der Waals surface area contributed by atoms with Gasteiger partial charge in [0.1, 0.15) is 0 Å². The molecule has 0 aromatic heterocycles. The molecule has 8 nitrogen and oxygen atoms in total. The summed E-state index contributed by atoms with van der Waals surface area (Å²) in [7, 11) is 7.11. The van der Waals surface area contributed by atoms with Gasteiger partial charge in [0.05, 0.1) is 32.9 Å². The van der Waals surface area contributed by atoms with Crippen molar-refractivity contribution in [2.45, 2.75) is 19.3 Å². The van der Waals surface area contributed by atoms with Crippen LogP contribution >= 0.6 is 0 Å². The van der Waals surface area contributed by atoms with Crippen LogP contribution < -0.4 is 0 Å². The van der Waals surface area contributed by atoms with E-state index in [1.54, 1.807) is 38.0 Å². The van der Waals surface area contributed by atoms with Gasteiger partial charge in [-0.2, -0.15) is 0 Å². The fourth-order valence-corrected chi connectivity index (χ4v) is 2.71. The van der Waals surface area contributed by atoms with Gasteiger partial charge in [-0.15, -0.1) is 0 Å². The predicted molar refractivity (Wildman–Crippen MR) is 106 cm³/mol. The lowest BCUT2D eigenvalue weighted by Crippen LogP contribution is -2.40. The zero-order chi connectivity index (χ0) is 20.1. The van der Waals surface area contributed by atoms with Crippen LogP contribution in [-0.4, -0.2) is 125 Å². The lowest BCUT2D eigenvalue weighted by Gasteiger charge is -2.24. The fraction of sp³-hybridized carbons (Fsp3) is 0.895. The van der Waals surface area contributed by atoms with Crippen molar-refractivity contribution >= 4 is 11.8 Å². The van der Waals surface area contributed by atoms with E-state index in [1.807, 2.05) is 0 Å². The fourth-order valence-electron chi connectivity index (χ4n) is 2.71. The number of carbonyl (C=O) groups excluding carboxylic acids is 2. The molecule has 1 fully saturated rings. The summed E-state index contributed by atoms with van der Waals surface area (Å²) in [6.07, 6.45) is 3.15. The summed E-state index contributed by atoms with van der Waals surface area (Å²) in [5.41, 5.74) is 0. The molecular weight excluding hydrogens is 348 g/mol. The summed E-state index contributed by atoms with van der Waals surface area (Å²) in [4.78, 5) is 31.5. The van der Waals surface area contributed by atoms with Gasteiger partial charge >= 0.3 is 0 Å². The number of hydrogen-bond donors (Lipinski definition) is 0. The Balaban J connectivity index is 2.52. The van der Waals surface area contributed by atoms with E-state index in [-0.39, 0.29) is 11.8 Å². The third-order valence-electron chi connectivity index (χ3n) is 4.63. The zero-order valence-electron chi connectivity index (χ0n) is 17.6. The first-order chi connectivity index (χ1) is 12.9. The van der Waals surface area contributed by atoms with Crippen molar-refractivity contribution in [3.63, 3.8) is 0 Å². The van der Waals surface area contributed by atoms with Gasteiger partial charge in [0.15, 0.2) is 0 Å². The minimum atomic E-state index is 0.0845. The highest BCUT2D eigenvalue weighted by molar-refractivity contribution is 5.78. The van der Waals surface area contributed by atoms with Crippen LogP contribution in [-0.2, 0) is 19.1 Å². The minimum absolute atomic E-state index is 0.0845. The van der Waals surface area contributed by atoms with Crippen LogP contribution in [0.2, 0.25) is 0 Å². The molecule has 158 valence electrons. The second-order valence-electron chi connectivity index (χ2n) is 7.41. The zero-order valence-corrected chi connectivity index (χ0v) is 17.6. The molecule has 0 radical (unpaired) electrons. The number of ether oxygens (including phenoxy) is 2. The Labute approximate surface area is 164 Å². The standard InChI is InChI=1S/C19H38N4O4/c1-20(2)18(24)16-22-8-6-5-7-12-26-13-10-23(11-15-27-14-9-22)17-19(25)21(3)4/h5-17H2,1-4H3. The maximum Gasteiger partial charge on any atom is 0.236 e. The minimum Gasteiger partial charge on any atom is -0.380 e. The molecule has 0 aromatic rings. The highest BCUT2D eigenvalue weighted by atomic mass is 16.5. The molecule has 0 spiro atoms. The van der Waals surface area contributed by atoms with Crippen molar-refractivity contribution in [1.29, 1.82) is 0 Å². The van der Waals surface area contributed by atoms with Gasteiger partial charge in [-0.1, -0.05) is 0 Å². The second-order valence-corrected chi connectivity index (χ2v) is 7.41. The monoisotopic (exact) mass is 386 g/mol. The summed E-state index contributed by atoms with van der Waals surface area (Å²) in [6.45, 7) is 6.39. The Morgan fingerprint density at radius 3 is 1.59 bits per heavy atom. The second kappa shape index (κ2) is 13.9. The van der Waals surface area contributed by atoms with E-state index in [0.717, 1.165) is 45.5 Å². The average Bonchev–Trinajstić information content (AvgIpc) is 2.62. The predicted octanol–water partition coefficient (Wildman–Crippen LogP) is -0.0161. The summed E-state index contributed by atoms with van der Waals surface area (Å²) in [6, 6.07) is 0. The van der Waals surface area contributed by atoms with Crippen LogP contribution in [0.1, 0.15) is 19.3 Å². The number of carbonyl (C=O) groups is 2. The van der Waals surface area contributed by atoms with E-state index >= 15 is 0 Å². The number of nitrogens with zero attached hydrogens (tertiary/aromatic N) is 4. The van der Waals surface area contributed by atoms with Crippen LogP contribution in [0.25, 0.3) is 0 Å². The number of rotatable bonds is 4. The van der Waals surface area contributed by atoms with Gasteiger partial charge in [-0.25, -0.2) is 0 Å². The topological polar surface area (TPSA) is 65.6 Å². The maximum atomic E-state index is 12.0. The van der Waals surface area contributed by atoms with Gasteiger partial charge in [-0.3, -0.25) is 19.4 Å². The molecule has 1 heterocycles. The molecule has 0 aromatic carbocycles. The maximum absolute atomic E-state index is 12.0.